The number of ether oxygens (including phenoxy) is 1. The summed E-state index contributed by atoms with van der Waals surface area (Å²) in [7, 11) is 0. The molecule has 2 heterocycles. The molecule has 1 aromatic heterocycles. The summed E-state index contributed by atoms with van der Waals surface area (Å²) in [5, 5.41) is 6.63. The van der Waals surface area contributed by atoms with Crippen molar-refractivity contribution in [3.05, 3.63) is 11.7 Å². The fourth-order valence-corrected chi connectivity index (χ4v) is 3.35. The van der Waals surface area contributed by atoms with Gasteiger partial charge in [-0.2, -0.15) is 4.98 Å². The van der Waals surface area contributed by atoms with Crippen molar-refractivity contribution in [3.63, 3.8) is 0 Å². The Balaban J connectivity index is 1.55. The van der Waals surface area contributed by atoms with Gasteiger partial charge in [0, 0.05) is 5.41 Å². The summed E-state index contributed by atoms with van der Waals surface area (Å²) in [5.74, 6) is 0.172. The van der Waals surface area contributed by atoms with Gasteiger partial charge >= 0.3 is 12.0 Å². The van der Waals surface area contributed by atoms with Gasteiger partial charge in [0.2, 0.25) is 0 Å². The van der Waals surface area contributed by atoms with Gasteiger partial charge in [-0.3, -0.25) is 14.5 Å². The Kier molecular flexibility index (Phi) is 4.96. The van der Waals surface area contributed by atoms with Crippen molar-refractivity contribution in [2.24, 2.45) is 5.92 Å². The molecule has 9 heteroatoms. The molecule has 0 aromatic carbocycles. The molecule has 1 aliphatic carbocycles. The lowest BCUT2D eigenvalue weighted by atomic mass is 9.77. The summed E-state index contributed by atoms with van der Waals surface area (Å²) in [6.45, 7) is 7.32. The molecule has 3 amide bonds. The highest BCUT2D eigenvalue weighted by Crippen LogP contribution is 2.36. The van der Waals surface area contributed by atoms with E-state index in [4.69, 9.17) is 9.26 Å². The second kappa shape index (κ2) is 6.94. The van der Waals surface area contributed by atoms with E-state index in [1.54, 1.807) is 0 Å². The lowest BCUT2D eigenvalue weighted by Crippen LogP contribution is -2.49. The molecule has 1 saturated carbocycles. The average molecular weight is 378 g/mol. The first-order valence-corrected chi connectivity index (χ1v) is 9.23. The molecule has 148 valence electrons. The van der Waals surface area contributed by atoms with Gasteiger partial charge < -0.3 is 14.6 Å². The van der Waals surface area contributed by atoms with Crippen molar-refractivity contribution in [1.29, 1.82) is 0 Å². The van der Waals surface area contributed by atoms with E-state index in [0.29, 0.717) is 24.6 Å². The predicted molar refractivity (Wildman–Crippen MR) is 93.4 cm³/mol. The van der Waals surface area contributed by atoms with E-state index in [9.17, 15) is 14.4 Å². The molecule has 2 fully saturated rings. The number of imide groups is 1. The van der Waals surface area contributed by atoms with Gasteiger partial charge in [0.25, 0.3) is 11.8 Å². The van der Waals surface area contributed by atoms with Crippen molar-refractivity contribution < 1.29 is 23.6 Å². The minimum absolute atomic E-state index is 0.170. The second-order valence-corrected chi connectivity index (χ2v) is 8.51. The third-order valence-corrected chi connectivity index (χ3v) is 5.16. The quantitative estimate of drug-likeness (QED) is 0.628. The number of amides is 3. The minimum Gasteiger partial charge on any atom is -0.454 e. The lowest BCUT2D eigenvalue weighted by Gasteiger charge is -2.33. The van der Waals surface area contributed by atoms with Gasteiger partial charge in [-0.1, -0.05) is 32.9 Å². The van der Waals surface area contributed by atoms with Crippen LogP contribution in [0.3, 0.4) is 0 Å². The molecule has 1 aromatic rings. The Hall–Kier alpha value is -2.45. The van der Waals surface area contributed by atoms with Crippen molar-refractivity contribution in [3.8, 4) is 0 Å². The summed E-state index contributed by atoms with van der Waals surface area (Å²) < 4.78 is 10.2. The molecule has 0 atom stereocenters. The molecular formula is C18H26N4O5. The van der Waals surface area contributed by atoms with Crippen LogP contribution in [0.4, 0.5) is 4.79 Å². The largest absolute Gasteiger partial charge is 0.454 e. The number of hydrogen-bond donors (Lipinski definition) is 1. The Bertz CT molecular complexity index is 743. The smallest absolute Gasteiger partial charge is 0.326 e. The summed E-state index contributed by atoms with van der Waals surface area (Å²) >= 11 is 0. The highest BCUT2D eigenvalue weighted by Gasteiger charge is 2.52. The maximum absolute atomic E-state index is 12.7. The van der Waals surface area contributed by atoms with E-state index in [2.05, 4.69) is 22.4 Å². The number of rotatable bonds is 4. The molecular weight excluding hydrogens is 352 g/mol. The number of hydrogen-bond acceptors (Lipinski definition) is 7. The first-order chi connectivity index (χ1) is 12.6. The van der Waals surface area contributed by atoms with Crippen LogP contribution >= 0.6 is 0 Å². The SMILES string of the molecule is CC1CCC2(CC1)NC(=O)N(CC(=O)OCc1nc(C(C)(C)C)no1)C2=O. The molecule has 1 spiro atoms. The average Bonchev–Trinajstić information content (AvgIpc) is 3.16. The molecule has 0 bridgehead atoms. The molecule has 9 nitrogen and oxygen atoms in total. The Labute approximate surface area is 157 Å². The Morgan fingerprint density at radius 2 is 2.00 bits per heavy atom. The fourth-order valence-electron chi connectivity index (χ4n) is 3.35. The molecule has 0 unspecified atom stereocenters. The maximum Gasteiger partial charge on any atom is 0.326 e. The van der Waals surface area contributed by atoms with Gasteiger partial charge in [-0.15, -0.1) is 0 Å². The maximum atomic E-state index is 12.7. The summed E-state index contributed by atoms with van der Waals surface area (Å²) in [5.41, 5.74) is -1.14. The number of urea groups is 1. The van der Waals surface area contributed by atoms with Crippen LogP contribution in [0.15, 0.2) is 4.52 Å². The van der Waals surface area contributed by atoms with Gasteiger partial charge in [0.15, 0.2) is 12.4 Å². The number of esters is 1. The molecule has 2 aliphatic rings. The van der Waals surface area contributed by atoms with Crippen LogP contribution in [0.5, 0.6) is 0 Å². The van der Waals surface area contributed by atoms with E-state index in [0.717, 1.165) is 17.7 Å². The number of nitrogens with one attached hydrogen (secondary N) is 1. The van der Waals surface area contributed by atoms with Crippen molar-refractivity contribution >= 4 is 17.9 Å². The first-order valence-electron chi connectivity index (χ1n) is 9.23. The summed E-state index contributed by atoms with van der Waals surface area (Å²) in [6.07, 6.45) is 2.94. The molecule has 1 N–H and O–H groups in total. The van der Waals surface area contributed by atoms with Gasteiger partial charge in [0.05, 0.1) is 0 Å². The molecule has 27 heavy (non-hydrogen) atoms. The van der Waals surface area contributed by atoms with Gasteiger partial charge in [-0.05, 0) is 31.6 Å². The predicted octanol–water partition coefficient (Wildman–Crippen LogP) is 1.91. The molecule has 1 aliphatic heterocycles. The Morgan fingerprint density at radius 1 is 1.33 bits per heavy atom. The topological polar surface area (TPSA) is 115 Å². The lowest BCUT2D eigenvalue weighted by molar-refractivity contribution is -0.149. The number of aromatic nitrogens is 2. The van der Waals surface area contributed by atoms with Gasteiger partial charge in [0.1, 0.15) is 12.1 Å². The van der Waals surface area contributed by atoms with Gasteiger partial charge in [-0.25, -0.2) is 4.79 Å². The third kappa shape index (κ3) is 3.96. The number of nitrogens with zero attached hydrogens (tertiary/aromatic N) is 3. The van der Waals surface area contributed by atoms with E-state index in [1.165, 1.54) is 0 Å². The minimum atomic E-state index is -0.863. The van der Waals surface area contributed by atoms with Crippen LogP contribution in [0.2, 0.25) is 0 Å². The van der Waals surface area contributed by atoms with Crippen LogP contribution in [0.1, 0.15) is 65.1 Å². The van der Waals surface area contributed by atoms with Crippen LogP contribution in [0.25, 0.3) is 0 Å². The van der Waals surface area contributed by atoms with Crippen molar-refractivity contribution in [1.82, 2.24) is 20.4 Å². The summed E-state index contributed by atoms with van der Waals surface area (Å²) in [4.78, 5) is 42.1. The van der Waals surface area contributed by atoms with Crippen molar-refractivity contribution in [2.75, 3.05) is 6.54 Å². The van der Waals surface area contributed by atoms with Crippen LogP contribution in [-0.2, 0) is 26.3 Å². The summed E-state index contributed by atoms with van der Waals surface area (Å²) in [6, 6.07) is -0.542. The highest BCUT2D eigenvalue weighted by molar-refractivity contribution is 6.08. The van der Waals surface area contributed by atoms with E-state index in [1.807, 2.05) is 20.8 Å². The molecule has 0 radical (unpaired) electrons. The van der Waals surface area contributed by atoms with E-state index in [-0.39, 0.29) is 23.8 Å². The molecule has 3 rings (SSSR count). The second-order valence-electron chi connectivity index (χ2n) is 8.51. The third-order valence-electron chi connectivity index (χ3n) is 5.16. The van der Waals surface area contributed by atoms with Crippen molar-refractivity contribution in [2.45, 2.75) is 70.9 Å². The standard InChI is InChI=1S/C18H26N4O5/c1-11-5-7-18(8-6-11)15(24)22(16(25)20-18)9-13(23)26-10-12-19-14(21-27-12)17(2,3)4/h11H,5-10H2,1-4H3,(H,20,25). The molecule has 1 saturated heterocycles. The first kappa shape index (κ1) is 19.3. The van der Waals surface area contributed by atoms with Crippen LogP contribution < -0.4 is 5.32 Å². The normalized spacial score (nSPS) is 25.8. The highest BCUT2D eigenvalue weighted by atomic mass is 16.6. The van der Waals surface area contributed by atoms with E-state index < -0.39 is 24.1 Å². The number of carbonyl (C=O) groups is 3. The fraction of sp³-hybridized carbons (Fsp3) is 0.722. The van der Waals surface area contributed by atoms with Crippen LogP contribution in [0, 0.1) is 5.92 Å². The Morgan fingerprint density at radius 3 is 2.59 bits per heavy atom. The van der Waals surface area contributed by atoms with Crippen LogP contribution in [-0.4, -0.2) is 45.0 Å². The monoisotopic (exact) mass is 378 g/mol. The zero-order valence-corrected chi connectivity index (χ0v) is 16.2. The zero-order chi connectivity index (χ0) is 19.8. The zero-order valence-electron chi connectivity index (χ0n) is 16.2. The van der Waals surface area contributed by atoms with E-state index >= 15 is 0 Å². The number of carbonyl (C=O) groups excluding carboxylic acids is 3.